The van der Waals surface area contributed by atoms with E-state index in [1.54, 1.807) is 0 Å². The summed E-state index contributed by atoms with van der Waals surface area (Å²) in [6, 6.07) is 6.37. The molecule has 2 rings (SSSR count). The molecule has 1 saturated carbocycles. The highest BCUT2D eigenvalue weighted by Crippen LogP contribution is 2.41. The summed E-state index contributed by atoms with van der Waals surface area (Å²) in [4.78, 5) is 0. The minimum atomic E-state index is 0.381. The molecule has 0 heterocycles. The summed E-state index contributed by atoms with van der Waals surface area (Å²) >= 11 is 12.5. The van der Waals surface area contributed by atoms with Crippen LogP contribution in [0.5, 0.6) is 0 Å². The third kappa shape index (κ3) is 4.61. The van der Waals surface area contributed by atoms with Crippen LogP contribution in [0.3, 0.4) is 0 Å². The first-order valence-electron chi connectivity index (χ1n) is 8.35. The molecule has 21 heavy (non-hydrogen) atoms. The SMILES string of the molecule is CCCNC(c1cc(Cl)cc(Cl)c1)C1CCCCC1CC. The van der Waals surface area contributed by atoms with Crippen LogP contribution < -0.4 is 5.32 Å². The van der Waals surface area contributed by atoms with E-state index in [2.05, 4.69) is 31.3 Å². The third-order valence-corrected chi connectivity index (χ3v) is 5.22. The molecule has 0 radical (unpaired) electrons. The van der Waals surface area contributed by atoms with Crippen LogP contribution in [0, 0.1) is 11.8 Å². The van der Waals surface area contributed by atoms with Crippen molar-refractivity contribution in [1.29, 1.82) is 0 Å². The van der Waals surface area contributed by atoms with E-state index >= 15 is 0 Å². The molecule has 0 aliphatic heterocycles. The molecule has 3 heteroatoms. The van der Waals surface area contributed by atoms with Gasteiger partial charge in [-0.05, 0) is 55.0 Å². The Kier molecular flexibility index (Phi) is 6.85. The van der Waals surface area contributed by atoms with Gasteiger partial charge in [0, 0.05) is 16.1 Å². The van der Waals surface area contributed by atoms with Crippen LogP contribution in [0.25, 0.3) is 0 Å². The van der Waals surface area contributed by atoms with E-state index in [-0.39, 0.29) is 0 Å². The molecule has 1 aliphatic rings. The summed E-state index contributed by atoms with van der Waals surface area (Å²) in [5, 5.41) is 5.24. The third-order valence-electron chi connectivity index (χ3n) is 4.78. The summed E-state index contributed by atoms with van der Waals surface area (Å²) in [5.74, 6) is 1.51. The highest BCUT2D eigenvalue weighted by atomic mass is 35.5. The zero-order valence-electron chi connectivity index (χ0n) is 13.2. The minimum Gasteiger partial charge on any atom is -0.310 e. The molecule has 0 spiro atoms. The largest absolute Gasteiger partial charge is 0.310 e. The van der Waals surface area contributed by atoms with E-state index in [4.69, 9.17) is 23.2 Å². The van der Waals surface area contributed by atoms with Crippen molar-refractivity contribution in [1.82, 2.24) is 5.32 Å². The second kappa shape index (κ2) is 8.41. The van der Waals surface area contributed by atoms with Gasteiger partial charge in [0.15, 0.2) is 0 Å². The van der Waals surface area contributed by atoms with Crippen LogP contribution in [-0.4, -0.2) is 6.54 Å². The van der Waals surface area contributed by atoms with Gasteiger partial charge in [0.2, 0.25) is 0 Å². The lowest BCUT2D eigenvalue weighted by Gasteiger charge is -2.38. The molecule has 1 aromatic carbocycles. The standard InChI is InChI=1S/C18H27Cl2N/c1-3-9-21-18(14-10-15(19)12-16(20)11-14)17-8-6-5-7-13(17)4-2/h10-13,17-18,21H,3-9H2,1-2H3. The molecule has 3 atom stereocenters. The van der Waals surface area contributed by atoms with E-state index < -0.39 is 0 Å². The maximum atomic E-state index is 6.23. The molecule has 1 N–H and O–H groups in total. The first-order chi connectivity index (χ1) is 10.2. The summed E-state index contributed by atoms with van der Waals surface area (Å²) in [5.41, 5.74) is 1.26. The maximum absolute atomic E-state index is 6.23. The highest BCUT2D eigenvalue weighted by Gasteiger charge is 2.31. The van der Waals surface area contributed by atoms with E-state index in [1.807, 2.05) is 6.07 Å². The lowest BCUT2D eigenvalue weighted by molar-refractivity contribution is 0.175. The van der Waals surface area contributed by atoms with Crippen molar-refractivity contribution in [3.05, 3.63) is 33.8 Å². The predicted octanol–water partition coefficient (Wildman–Crippen LogP) is 6.25. The first kappa shape index (κ1) is 17.1. The van der Waals surface area contributed by atoms with Crippen molar-refractivity contribution in [2.45, 2.75) is 58.4 Å². The van der Waals surface area contributed by atoms with Crippen LogP contribution in [0.4, 0.5) is 0 Å². The number of nitrogens with one attached hydrogen (secondary N) is 1. The van der Waals surface area contributed by atoms with E-state index in [0.717, 1.165) is 28.9 Å². The first-order valence-corrected chi connectivity index (χ1v) is 9.10. The lowest BCUT2D eigenvalue weighted by Crippen LogP contribution is -2.35. The van der Waals surface area contributed by atoms with E-state index in [1.165, 1.54) is 37.7 Å². The topological polar surface area (TPSA) is 12.0 Å². The molecule has 0 bridgehead atoms. The van der Waals surface area contributed by atoms with Gasteiger partial charge < -0.3 is 5.32 Å². The molecule has 1 fully saturated rings. The van der Waals surface area contributed by atoms with Crippen LogP contribution in [0.1, 0.15) is 64.0 Å². The molecule has 1 nitrogen and oxygen atoms in total. The van der Waals surface area contributed by atoms with Crippen molar-refractivity contribution < 1.29 is 0 Å². The Hall–Kier alpha value is -0.240. The van der Waals surface area contributed by atoms with Gasteiger partial charge in [-0.3, -0.25) is 0 Å². The van der Waals surface area contributed by atoms with Crippen molar-refractivity contribution in [2.75, 3.05) is 6.54 Å². The molecule has 0 saturated heterocycles. The Bertz CT molecular complexity index is 427. The maximum Gasteiger partial charge on any atom is 0.0424 e. The molecular formula is C18H27Cl2N. The molecule has 118 valence electrons. The number of hydrogen-bond acceptors (Lipinski definition) is 1. The van der Waals surface area contributed by atoms with E-state index in [0.29, 0.717) is 12.0 Å². The molecule has 1 aromatic rings. The number of hydrogen-bond donors (Lipinski definition) is 1. The Balaban J connectivity index is 2.27. The average Bonchev–Trinajstić information content (AvgIpc) is 2.47. The quantitative estimate of drug-likeness (QED) is 0.651. The Morgan fingerprint density at radius 1 is 1.10 bits per heavy atom. The Labute approximate surface area is 139 Å². The van der Waals surface area contributed by atoms with Gasteiger partial charge in [-0.25, -0.2) is 0 Å². The Morgan fingerprint density at radius 2 is 1.76 bits per heavy atom. The van der Waals surface area contributed by atoms with E-state index in [9.17, 15) is 0 Å². The normalized spacial score (nSPS) is 24.0. The molecule has 1 aliphatic carbocycles. The fourth-order valence-electron chi connectivity index (χ4n) is 3.75. The van der Waals surface area contributed by atoms with Crippen LogP contribution in [0.2, 0.25) is 10.0 Å². The van der Waals surface area contributed by atoms with Crippen molar-refractivity contribution >= 4 is 23.2 Å². The zero-order chi connectivity index (χ0) is 15.2. The van der Waals surface area contributed by atoms with Gasteiger partial charge in [-0.2, -0.15) is 0 Å². The lowest BCUT2D eigenvalue weighted by atomic mass is 9.72. The van der Waals surface area contributed by atoms with Crippen LogP contribution in [-0.2, 0) is 0 Å². The van der Waals surface area contributed by atoms with Gasteiger partial charge in [0.25, 0.3) is 0 Å². The second-order valence-corrected chi connectivity index (χ2v) is 7.12. The van der Waals surface area contributed by atoms with Crippen molar-refractivity contribution in [3.63, 3.8) is 0 Å². The van der Waals surface area contributed by atoms with Crippen LogP contribution in [0.15, 0.2) is 18.2 Å². The van der Waals surface area contributed by atoms with Gasteiger partial charge in [-0.15, -0.1) is 0 Å². The molecule has 3 unspecified atom stereocenters. The fourth-order valence-corrected chi connectivity index (χ4v) is 4.30. The number of rotatable bonds is 6. The monoisotopic (exact) mass is 327 g/mol. The molecule has 0 amide bonds. The van der Waals surface area contributed by atoms with Crippen LogP contribution >= 0.6 is 23.2 Å². The predicted molar refractivity (Wildman–Crippen MR) is 93.2 cm³/mol. The molecule has 0 aromatic heterocycles. The second-order valence-electron chi connectivity index (χ2n) is 6.25. The minimum absolute atomic E-state index is 0.381. The van der Waals surface area contributed by atoms with Crippen molar-refractivity contribution in [2.24, 2.45) is 11.8 Å². The summed E-state index contributed by atoms with van der Waals surface area (Å²) < 4.78 is 0. The number of halogens is 2. The Morgan fingerprint density at radius 3 is 2.38 bits per heavy atom. The average molecular weight is 328 g/mol. The van der Waals surface area contributed by atoms with Crippen molar-refractivity contribution in [3.8, 4) is 0 Å². The summed E-state index contributed by atoms with van der Waals surface area (Å²) in [6.07, 6.45) is 7.81. The molecular weight excluding hydrogens is 301 g/mol. The van der Waals surface area contributed by atoms with Gasteiger partial charge >= 0.3 is 0 Å². The summed E-state index contributed by atoms with van der Waals surface area (Å²) in [7, 11) is 0. The number of benzene rings is 1. The zero-order valence-corrected chi connectivity index (χ0v) is 14.7. The fraction of sp³-hybridized carbons (Fsp3) is 0.667. The smallest absolute Gasteiger partial charge is 0.0424 e. The summed E-state index contributed by atoms with van der Waals surface area (Å²) in [6.45, 7) is 5.58. The highest BCUT2D eigenvalue weighted by molar-refractivity contribution is 6.34. The van der Waals surface area contributed by atoms with Gasteiger partial charge in [0.05, 0.1) is 0 Å². The van der Waals surface area contributed by atoms with Gasteiger partial charge in [0.1, 0.15) is 0 Å². The van der Waals surface area contributed by atoms with Gasteiger partial charge in [-0.1, -0.05) is 62.7 Å².